The van der Waals surface area contributed by atoms with Crippen LogP contribution < -0.4 is 0 Å². The first kappa shape index (κ1) is 12.5. The van der Waals surface area contributed by atoms with Gasteiger partial charge in [-0.2, -0.15) is 0 Å². The van der Waals surface area contributed by atoms with Crippen LogP contribution in [0.5, 0.6) is 0 Å². The van der Waals surface area contributed by atoms with Crippen molar-refractivity contribution in [3.05, 3.63) is 0 Å². The molecule has 1 N–H and O–H groups in total. The molecule has 0 saturated carbocycles. The molecule has 0 aromatic rings. The van der Waals surface area contributed by atoms with Crippen molar-refractivity contribution < 1.29 is 14.6 Å². The first-order chi connectivity index (χ1) is 7.13. The van der Waals surface area contributed by atoms with E-state index in [9.17, 15) is 4.79 Å². The fourth-order valence-electron chi connectivity index (χ4n) is 1.89. The molecule has 88 valence electrons. The quantitative estimate of drug-likeness (QED) is 0.720. The largest absolute Gasteiger partial charge is 0.481 e. The zero-order valence-corrected chi connectivity index (χ0v) is 9.61. The van der Waals surface area contributed by atoms with Gasteiger partial charge in [-0.05, 0) is 18.9 Å². The monoisotopic (exact) mass is 215 g/mol. The van der Waals surface area contributed by atoms with Crippen LogP contribution in [0.3, 0.4) is 0 Å². The van der Waals surface area contributed by atoms with Crippen LogP contribution in [0.2, 0.25) is 0 Å². The van der Waals surface area contributed by atoms with Crippen LogP contribution in [0.1, 0.15) is 20.3 Å². The molecular formula is C11H21NO3. The maximum atomic E-state index is 10.7. The SMILES string of the molecule is CCN(CC1CCOC1)CC(C)C(=O)O. The van der Waals surface area contributed by atoms with Crippen LogP contribution in [0.25, 0.3) is 0 Å². The molecule has 1 rings (SSSR count). The highest BCUT2D eigenvalue weighted by Gasteiger charge is 2.21. The number of hydrogen-bond acceptors (Lipinski definition) is 3. The summed E-state index contributed by atoms with van der Waals surface area (Å²) in [5.41, 5.74) is 0. The van der Waals surface area contributed by atoms with Crippen LogP contribution in [-0.4, -0.2) is 48.8 Å². The third kappa shape index (κ3) is 4.18. The summed E-state index contributed by atoms with van der Waals surface area (Å²) in [5, 5.41) is 8.84. The lowest BCUT2D eigenvalue weighted by atomic mass is 10.1. The smallest absolute Gasteiger partial charge is 0.307 e. The lowest BCUT2D eigenvalue weighted by Gasteiger charge is -2.24. The van der Waals surface area contributed by atoms with Crippen LogP contribution in [0.15, 0.2) is 0 Å². The van der Waals surface area contributed by atoms with E-state index in [0.717, 1.165) is 32.7 Å². The molecule has 1 aliphatic heterocycles. The van der Waals surface area contributed by atoms with Gasteiger partial charge in [-0.15, -0.1) is 0 Å². The van der Waals surface area contributed by atoms with Crippen molar-refractivity contribution in [2.45, 2.75) is 20.3 Å². The van der Waals surface area contributed by atoms with Gasteiger partial charge in [0.05, 0.1) is 12.5 Å². The Hall–Kier alpha value is -0.610. The third-order valence-corrected chi connectivity index (χ3v) is 2.94. The molecule has 0 aromatic heterocycles. The number of ether oxygens (including phenoxy) is 1. The summed E-state index contributed by atoms with van der Waals surface area (Å²) in [4.78, 5) is 12.9. The van der Waals surface area contributed by atoms with Gasteiger partial charge in [0.2, 0.25) is 0 Å². The summed E-state index contributed by atoms with van der Waals surface area (Å²) in [6, 6.07) is 0. The van der Waals surface area contributed by atoms with Gasteiger partial charge in [0.1, 0.15) is 0 Å². The topological polar surface area (TPSA) is 49.8 Å². The predicted molar refractivity (Wildman–Crippen MR) is 57.8 cm³/mol. The molecule has 1 aliphatic rings. The molecule has 4 nitrogen and oxygen atoms in total. The fraction of sp³-hybridized carbons (Fsp3) is 0.909. The Bertz CT molecular complexity index is 202. The number of hydrogen-bond donors (Lipinski definition) is 1. The summed E-state index contributed by atoms with van der Waals surface area (Å²) in [7, 11) is 0. The Morgan fingerprint density at radius 2 is 2.40 bits per heavy atom. The minimum Gasteiger partial charge on any atom is -0.481 e. The molecule has 0 amide bonds. The van der Waals surface area contributed by atoms with Crippen molar-refractivity contribution in [1.29, 1.82) is 0 Å². The van der Waals surface area contributed by atoms with Crippen molar-refractivity contribution >= 4 is 5.97 Å². The zero-order valence-electron chi connectivity index (χ0n) is 9.61. The molecule has 0 aliphatic carbocycles. The third-order valence-electron chi connectivity index (χ3n) is 2.94. The Morgan fingerprint density at radius 1 is 1.67 bits per heavy atom. The van der Waals surface area contributed by atoms with E-state index < -0.39 is 5.97 Å². The Morgan fingerprint density at radius 3 is 2.87 bits per heavy atom. The lowest BCUT2D eigenvalue weighted by molar-refractivity contribution is -0.141. The number of carboxylic acids is 1. The molecule has 15 heavy (non-hydrogen) atoms. The van der Waals surface area contributed by atoms with Crippen LogP contribution in [0, 0.1) is 11.8 Å². The molecular weight excluding hydrogens is 194 g/mol. The van der Waals surface area contributed by atoms with Crippen molar-refractivity contribution in [2.24, 2.45) is 11.8 Å². The molecule has 2 atom stereocenters. The molecule has 1 saturated heterocycles. The van der Waals surface area contributed by atoms with E-state index in [-0.39, 0.29) is 5.92 Å². The number of nitrogens with zero attached hydrogens (tertiary/aromatic N) is 1. The Labute approximate surface area is 91.2 Å². The van der Waals surface area contributed by atoms with Gasteiger partial charge >= 0.3 is 5.97 Å². The summed E-state index contributed by atoms with van der Waals surface area (Å²) in [6.07, 6.45) is 1.11. The van der Waals surface area contributed by atoms with E-state index in [2.05, 4.69) is 11.8 Å². The highest BCUT2D eigenvalue weighted by molar-refractivity contribution is 5.69. The molecule has 0 aromatic carbocycles. The predicted octanol–water partition coefficient (Wildman–Crippen LogP) is 1.07. The van der Waals surface area contributed by atoms with E-state index in [1.165, 1.54) is 0 Å². The van der Waals surface area contributed by atoms with Gasteiger partial charge in [0, 0.05) is 19.7 Å². The van der Waals surface area contributed by atoms with E-state index in [1.54, 1.807) is 6.92 Å². The average Bonchev–Trinajstić information content (AvgIpc) is 2.69. The molecule has 0 bridgehead atoms. The second-order valence-electron chi connectivity index (χ2n) is 4.32. The normalized spacial score (nSPS) is 23.3. The number of aliphatic carboxylic acids is 1. The Balaban J connectivity index is 2.31. The summed E-state index contributed by atoms with van der Waals surface area (Å²) < 4.78 is 5.31. The van der Waals surface area contributed by atoms with Crippen molar-refractivity contribution in [3.8, 4) is 0 Å². The van der Waals surface area contributed by atoms with Crippen molar-refractivity contribution in [1.82, 2.24) is 4.90 Å². The maximum Gasteiger partial charge on any atom is 0.307 e. The summed E-state index contributed by atoms with van der Waals surface area (Å²) in [6.45, 7) is 8.04. The van der Waals surface area contributed by atoms with E-state index in [4.69, 9.17) is 9.84 Å². The zero-order chi connectivity index (χ0) is 11.3. The van der Waals surface area contributed by atoms with Crippen LogP contribution >= 0.6 is 0 Å². The molecule has 0 radical (unpaired) electrons. The first-order valence-corrected chi connectivity index (χ1v) is 5.66. The van der Waals surface area contributed by atoms with E-state index in [1.807, 2.05) is 0 Å². The van der Waals surface area contributed by atoms with Gasteiger partial charge in [0.25, 0.3) is 0 Å². The van der Waals surface area contributed by atoms with Crippen LogP contribution in [0.4, 0.5) is 0 Å². The number of carboxylic acid groups (broad SMARTS) is 1. The average molecular weight is 215 g/mol. The van der Waals surface area contributed by atoms with E-state index >= 15 is 0 Å². The second-order valence-corrected chi connectivity index (χ2v) is 4.32. The Kier molecular flexibility index (Phi) is 5.05. The molecule has 2 unspecified atom stereocenters. The van der Waals surface area contributed by atoms with E-state index in [0.29, 0.717) is 12.5 Å². The van der Waals surface area contributed by atoms with Crippen molar-refractivity contribution in [3.63, 3.8) is 0 Å². The number of carbonyl (C=O) groups is 1. The van der Waals surface area contributed by atoms with Gasteiger partial charge in [-0.1, -0.05) is 13.8 Å². The summed E-state index contributed by atoms with van der Waals surface area (Å²) >= 11 is 0. The minimum atomic E-state index is -0.712. The van der Waals surface area contributed by atoms with Crippen LogP contribution in [-0.2, 0) is 9.53 Å². The molecule has 1 fully saturated rings. The van der Waals surface area contributed by atoms with Crippen molar-refractivity contribution in [2.75, 3.05) is 32.8 Å². The second kappa shape index (κ2) is 6.08. The molecule has 1 heterocycles. The lowest BCUT2D eigenvalue weighted by Crippen LogP contribution is -2.35. The van der Waals surface area contributed by atoms with Gasteiger partial charge in [-0.3, -0.25) is 4.79 Å². The van der Waals surface area contributed by atoms with Gasteiger partial charge in [-0.25, -0.2) is 0 Å². The van der Waals surface area contributed by atoms with Gasteiger partial charge < -0.3 is 14.7 Å². The minimum absolute atomic E-state index is 0.285. The van der Waals surface area contributed by atoms with Gasteiger partial charge in [0.15, 0.2) is 0 Å². The highest BCUT2D eigenvalue weighted by atomic mass is 16.5. The highest BCUT2D eigenvalue weighted by Crippen LogP contribution is 2.14. The first-order valence-electron chi connectivity index (χ1n) is 5.66. The molecule has 4 heteroatoms. The standard InChI is InChI=1S/C11H21NO3/c1-3-12(6-9(2)11(13)14)7-10-4-5-15-8-10/h9-10H,3-8H2,1-2H3,(H,13,14). The molecule has 0 spiro atoms. The number of rotatable bonds is 6. The fourth-order valence-corrected chi connectivity index (χ4v) is 1.89. The summed E-state index contributed by atoms with van der Waals surface area (Å²) in [5.74, 6) is -0.408. The maximum absolute atomic E-state index is 10.7.